The molecule has 2 fully saturated rings. The molecule has 1 saturated carbocycles. The van der Waals surface area contributed by atoms with Crippen molar-refractivity contribution in [1.82, 2.24) is 15.1 Å². The van der Waals surface area contributed by atoms with E-state index in [-0.39, 0.29) is 0 Å². The number of rotatable bonds is 4. The van der Waals surface area contributed by atoms with Crippen LogP contribution >= 0.6 is 0 Å². The maximum atomic E-state index is 3.43. The average molecular weight is 253 g/mol. The van der Waals surface area contributed by atoms with E-state index in [0.29, 0.717) is 0 Å². The van der Waals surface area contributed by atoms with Crippen LogP contribution in [0.1, 0.15) is 39.5 Å². The van der Waals surface area contributed by atoms with Crippen LogP contribution in [0.15, 0.2) is 0 Å². The number of hydrogen-bond acceptors (Lipinski definition) is 3. The summed E-state index contributed by atoms with van der Waals surface area (Å²) in [7, 11) is 2.11. The van der Waals surface area contributed by atoms with E-state index < -0.39 is 0 Å². The van der Waals surface area contributed by atoms with Crippen LogP contribution in [0, 0.1) is 5.92 Å². The highest BCUT2D eigenvalue weighted by Gasteiger charge is 2.27. The molecule has 1 heterocycles. The summed E-state index contributed by atoms with van der Waals surface area (Å²) < 4.78 is 0. The smallest absolute Gasteiger partial charge is 0.0113 e. The second-order valence-corrected chi connectivity index (χ2v) is 6.52. The lowest BCUT2D eigenvalue weighted by molar-refractivity contribution is 0.0694. The van der Waals surface area contributed by atoms with E-state index in [4.69, 9.17) is 0 Å². The van der Waals surface area contributed by atoms with Crippen molar-refractivity contribution in [3.8, 4) is 0 Å². The second-order valence-electron chi connectivity index (χ2n) is 6.52. The highest BCUT2D eigenvalue weighted by molar-refractivity contribution is 4.85. The molecule has 0 radical (unpaired) electrons. The summed E-state index contributed by atoms with van der Waals surface area (Å²) >= 11 is 0. The molecule has 0 unspecified atom stereocenters. The molecule has 106 valence electrons. The Kier molecular flexibility index (Phi) is 5.46. The van der Waals surface area contributed by atoms with Gasteiger partial charge in [0, 0.05) is 44.8 Å². The Balaban J connectivity index is 1.70. The molecule has 0 atom stereocenters. The van der Waals surface area contributed by atoms with E-state index in [0.717, 1.165) is 18.0 Å². The molecule has 0 aromatic carbocycles. The van der Waals surface area contributed by atoms with Crippen LogP contribution in [0.2, 0.25) is 0 Å². The Hall–Kier alpha value is -0.120. The number of piperazine rings is 1. The summed E-state index contributed by atoms with van der Waals surface area (Å²) in [5, 5.41) is 3.43. The topological polar surface area (TPSA) is 18.5 Å². The molecule has 0 aromatic rings. The van der Waals surface area contributed by atoms with Crippen molar-refractivity contribution in [2.45, 2.75) is 51.6 Å². The van der Waals surface area contributed by atoms with Crippen LogP contribution in [0.3, 0.4) is 0 Å². The molecule has 2 aliphatic rings. The van der Waals surface area contributed by atoms with Gasteiger partial charge < -0.3 is 10.2 Å². The summed E-state index contributed by atoms with van der Waals surface area (Å²) in [5.74, 6) is 0.808. The summed E-state index contributed by atoms with van der Waals surface area (Å²) in [4.78, 5) is 5.39. The number of hydrogen-bond donors (Lipinski definition) is 1. The molecule has 18 heavy (non-hydrogen) atoms. The first-order valence-electron chi connectivity index (χ1n) is 7.82. The summed E-state index contributed by atoms with van der Waals surface area (Å²) in [6.07, 6.45) is 5.53. The molecular weight excluding hydrogens is 222 g/mol. The monoisotopic (exact) mass is 253 g/mol. The average Bonchev–Trinajstić information content (AvgIpc) is 2.39. The standard InChI is InChI=1S/C15H31N3/c1-13(2)12-17-8-10-18(11-9-17)15-6-4-14(16-3)5-7-15/h13-16H,4-12H2,1-3H3. The molecule has 1 aliphatic carbocycles. The van der Waals surface area contributed by atoms with Crippen LogP contribution in [-0.2, 0) is 0 Å². The van der Waals surface area contributed by atoms with Gasteiger partial charge >= 0.3 is 0 Å². The van der Waals surface area contributed by atoms with Gasteiger partial charge in [0.05, 0.1) is 0 Å². The van der Waals surface area contributed by atoms with Crippen LogP contribution in [0.25, 0.3) is 0 Å². The predicted molar refractivity (Wildman–Crippen MR) is 78.0 cm³/mol. The SMILES string of the molecule is CNC1CCC(N2CCN(CC(C)C)CC2)CC1. The third-order valence-electron chi connectivity index (χ3n) is 4.65. The molecule has 0 amide bonds. The lowest BCUT2D eigenvalue weighted by Gasteiger charge is -2.42. The van der Waals surface area contributed by atoms with Gasteiger partial charge in [0.25, 0.3) is 0 Å². The Labute approximate surface area is 113 Å². The third-order valence-corrected chi connectivity index (χ3v) is 4.65. The van der Waals surface area contributed by atoms with E-state index in [1.807, 2.05) is 0 Å². The van der Waals surface area contributed by atoms with Gasteiger partial charge in [-0.25, -0.2) is 0 Å². The maximum absolute atomic E-state index is 3.43. The van der Waals surface area contributed by atoms with Crippen LogP contribution < -0.4 is 5.32 Å². The normalized spacial score (nSPS) is 32.0. The molecule has 3 heteroatoms. The minimum atomic E-state index is 0.781. The van der Waals surface area contributed by atoms with Gasteiger partial charge in [-0.15, -0.1) is 0 Å². The fourth-order valence-electron chi connectivity index (χ4n) is 3.56. The summed E-state index contributed by atoms with van der Waals surface area (Å²) in [6.45, 7) is 11.1. The Bertz CT molecular complexity index is 226. The van der Waals surface area contributed by atoms with E-state index in [1.165, 1.54) is 58.4 Å². The lowest BCUT2D eigenvalue weighted by atomic mass is 9.90. The van der Waals surface area contributed by atoms with E-state index in [1.54, 1.807) is 0 Å². The van der Waals surface area contributed by atoms with Crippen LogP contribution in [-0.4, -0.2) is 61.7 Å². The Morgan fingerprint density at radius 1 is 1.00 bits per heavy atom. The molecule has 0 bridgehead atoms. The third kappa shape index (κ3) is 3.94. The first-order chi connectivity index (χ1) is 8.69. The largest absolute Gasteiger partial charge is 0.317 e. The van der Waals surface area contributed by atoms with Crippen molar-refractivity contribution in [2.24, 2.45) is 5.92 Å². The van der Waals surface area contributed by atoms with Crippen molar-refractivity contribution in [3.63, 3.8) is 0 Å². The lowest BCUT2D eigenvalue weighted by Crippen LogP contribution is -2.52. The zero-order valence-electron chi connectivity index (χ0n) is 12.5. The van der Waals surface area contributed by atoms with Crippen molar-refractivity contribution >= 4 is 0 Å². The Morgan fingerprint density at radius 2 is 1.61 bits per heavy atom. The number of nitrogens with one attached hydrogen (secondary N) is 1. The van der Waals surface area contributed by atoms with Gasteiger partial charge in [-0.1, -0.05) is 13.8 Å². The molecule has 1 aliphatic heterocycles. The minimum Gasteiger partial charge on any atom is -0.317 e. The molecule has 3 nitrogen and oxygen atoms in total. The number of nitrogens with zero attached hydrogens (tertiary/aromatic N) is 2. The van der Waals surface area contributed by atoms with Crippen LogP contribution in [0.4, 0.5) is 0 Å². The molecule has 1 N–H and O–H groups in total. The van der Waals surface area contributed by atoms with Gasteiger partial charge in [-0.2, -0.15) is 0 Å². The Morgan fingerprint density at radius 3 is 2.11 bits per heavy atom. The molecule has 2 rings (SSSR count). The van der Waals surface area contributed by atoms with Gasteiger partial charge in [0.2, 0.25) is 0 Å². The van der Waals surface area contributed by atoms with Crippen molar-refractivity contribution < 1.29 is 0 Å². The van der Waals surface area contributed by atoms with E-state index in [2.05, 4.69) is 36.0 Å². The van der Waals surface area contributed by atoms with E-state index >= 15 is 0 Å². The highest BCUT2D eigenvalue weighted by Crippen LogP contribution is 2.24. The molecular formula is C15H31N3. The van der Waals surface area contributed by atoms with E-state index in [9.17, 15) is 0 Å². The van der Waals surface area contributed by atoms with Gasteiger partial charge in [-0.3, -0.25) is 4.90 Å². The second kappa shape index (κ2) is 6.88. The quantitative estimate of drug-likeness (QED) is 0.824. The molecule has 0 spiro atoms. The fraction of sp³-hybridized carbons (Fsp3) is 1.00. The van der Waals surface area contributed by atoms with Crippen molar-refractivity contribution in [2.75, 3.05) is 39.8 Å². The van der Waals surface area contributed by atoms with Gasteiger partial charge in [0.15, 0.2) is 0 Å². The molecule has 1 saturated heterocycles. The first kappa shape index (κ1) is 14.3. The highest BCUT2D eigenvalue weighted by atomic mass is 15.3. The predicted octanol–water partition coefficient (Wildman–Crippen LogP) is 1.79. The zero-order chi connectivity index (χ0) is 13.0. The molecule has 0 aromatic heterocycles. The van der Waals surface area contributed by atoms with Gasteiger partial charge in [-0.05, 0) is 38.6 Å². The maximum Gasteiger partial charge on any atom is 0.0113 e. The summed E-state index contributed by atoms with van der Waals surface area (Å²) in [6, 6.07) is 1.65. The fourth-order valence-corrected chi connectivity index (χ4v) is 3.56. The zero-order valence-corrected chi connectivity index (χ0v) is 12.5. The summed E-state index contributed by atoms with van der Waals surface area (Å²) in [5.41, 5.74) is 0. The minimum absolute atomic E-state index is 0.781. The van der Waals surface area contributed by atoms with Crippen LogP contribution in [0.5, 0.6) is 0 Å². The van der Waals surface area contributed by atoms with Crippen molar-refractivity contribution in [1.29, 1.82) is 0 Å². The van der Waals surface area contributed by atoms with Gasteiger partial charge in [0.1, 0.15) is 0 Å². The first-order valence-corrected chi connectivity index (χ1v) is 7.82. The van der Waals surface area contributed by atoms with Crippen molar-refractivity contribution in [3.05, 3.63) is 0 Å².